The van der Waals surface area contributed by atoms with E-state index in [1.165, 1.54) is 24.4 Å². The summed E-state index contributed by atoms with van der Waals surface area (Å²) in [5.41, 5.74) is 0.247. The molecule has 4 rings (SSSR count). The van der Waals surface area contributed by atoms with Crippen LogP contribution >= 0.6 is 0 Å². The van der Waals surface area contributed by atoms with E-state index in [-0.39, 0.29) is 5.82 Å². The lowest BCUT2D eigenvalue weighted by Crippen LogP contribution is -2.47. The lowest BCUT2D eigenvalue weighted by molar-refractivity contribution is -0.138. The standard InChI is InChI=1S/C21H19F6N5/c1-13-17(14-4-6-15(7-5-14)20(22,23)24)30-19(29-13)32-11-9-31(10-12-32)18-16(21(25,26)27)3-2-8-28-18/h2-8H,9-12H2,1H3,(H,29,30). The van der Waals surface area contributed by atoms with E-state index < -0.39 is 23.5 Å². The lowest BCUT2D eigenvalue weighted by atomic mass is 10.1. The molecular formula is C21H19F6N5. The van der Waals surface area contributed by atoms with Gasteiger partial charge in [-0.05, 0) is 31.2 Å². The van der Waals surface area contributed by atoms with E-state index in [2.05, 4.69) is 15.0 Å². The third kappa shape index (κ3) is 4.37. The predicted molar refractivity (Wildman–Crippen MR) is 107 cm³/mol. The molecule has 0 saturated carbocycles. The fourth-order valence-corrected chi connectivity index (χ4v) is 3.69. The number of benzene rings is 1. The molecule has 0 aliphatic carbocycles. The van der Waals surface area contributed by atoms with Crippen LogP contribution in [-0.2, 0) is 12.4 Å². The van der Waals surface area contributed by atoms with Gasteiger partial charge in [-0.1, -0.05) is 12.1 Å². The normalized spacial score (nSPS) is 15.3. The van der Waals surface area contributed by atoms with E-state index in [0.717, 1.165) is 18.2 Å². The van der Waals surface area contributed by atoms with E-state index in [9.17, 15) is 26.3 Å². The maximum Gasteiger partial charge on any atom is 0.419 e. The summed E-state index contributed by atoms with van der Waals surface area (Å²) >= 11 is 0. The van der Waals surface area contributed by atoms with Gasteiger partial charge in [0.15, 0.2) is 0 Å². The zero-order valence-corrected chi connectivity index (χ0v) is 16.9. The summed E-state index contributed by atoms with van der Waals surface area (Å²) in [5, 5.41) is 0. The summed E-state index contributed by atoms with van der Waals surface area (Å²) in [6.07, 6.45) is -7.57. The summed E-state index contributed by atoms with van der Waals surface area (Å²) in [7, 11) is 0. The van der Waals surface area contributed by atoms with Gasteiger partial charge in [0.25, 0.3) is 0 Å². The molecule has 1 saturated heterocycles. The molecule has 170 valence electrons. The number of rotatable bonds is 3. The Kier molecular flexibility index (Phi) is 5.51. The monoisotopic (exact) mass is 455 g/mol. The highest BCUT2D eigenvalue weighted by Gasteiger charge is 2.36. The fourth-order valence-electron chi connectivity index (χ4n) is 3.69. The Balaban J connectivity index is 1.49. The van der Waals surface area contributed by atoms with E-state index >= 15 is 0 Å². The van der Waals surface area contributed by atoms with Crippen molar-refractivity contribution in [1.82, 2.24) is 15.0 Å². The molecule has 0 bridgehead atoms. The minimum atomic E-state index is -4.49. The first-order valence-electron chi connectivity index (χ1n) is 9.80. The number of hydrogen-bond acceptors (Lipinski definition) is 4. The van der Waals surface area contributed by atoms with Crippen molar-refractivity contribution in [2.24, 2.45) is 0 Å². The van der Waals surface area contributed by atoms with Crippen LogP contribution in [0.1, 0.15) is 16.8 Å². The van der Waals surface area contributed by atoms with E-state index in [1.54, 1.807) is 11.8 Å². The van der Waals surface area contributed by atoms with E-state index in [1.807, 2.05) is 4.90 Å². The van der Waals surface area contributed by atoms with Crippen molar-refractivity contribution in [3.8, 4) is 11.3 Å². The lowest BCUT2D eigenvalue weighted by Gasteiger charge is -2.36. The van der Waals surface area contributed by atoms with Gasteiger partial charge >= 0.3 is 12.4 Å². The Morgan fingerprint density at radius 3 is 2.06 bits per heavy atom. The van der Waals surface area contributed by atoms with Gasteiger partial charge in [-0.3, -0.25) is 0 Å². The van der Waals surface area contributed by atoms with Gasteiger partial charge in [0, 0.05) is 43.6 Å². The van der Waals surface area contributed by atoms with Crippen molar-refractivity contribution in [2.45, 2.75) is 19.3 Å². The minimum Gasteiger partial charge on any atom is -0.353 e. The van der Waals surface area contributed by atoms with E-state index in [4.69, 9.17) is 0 Å². The quantitative estimate of drug-likeness (QED) is 0.556. The average molecular weight is 455 g/mol. The topological polar surface area (TPSA) is 48.1 Å². The minimum absolute atomic E-state index is 0.0966. The average Bonchev–Trinajstić information content (AvgIpc) is 3.14. The smallest absolute Gasteiger partial charge is 0.353 e. The van der Waals surface area contributed by atoms with Crippen molar-refractivity contribution in [3.05, 3.63) is 59.4 Å². The number of H-pyrrole nitrogens is 1. The zero-order valence-electron chi connectivity index (χ0n) is 16.9. The van der Waals surface area contributed by atoms with Gasteiger partial charge in [0.05, 0.1) is 16.8 Å². The summed E-state index contributed by atoms with van der Waals surface area (Å²) in [5.74, 6) is 0.426. The molecule has 0 unspecified atom stereocenters. The number of aromatic nitrogens is 3. The first-order chi connectivity index (χ1) is 15.0. The zero-order chi connectivity index (χ0) is 23.1. The van der Waals surface area contributed by atoms with Crippen molar-refractivity contribution in [1.29, 1.82) is 0 Å². The number of piperazine rings is 1. The Morgan fingerprint density at radius 2 is 1.47 bits per heavy atom. The van der Waals surface area contributed by atoms with Crippen LogP contribution in [0.25, 0.3) is 11.3 Å². The molecular weight excluding hydrogens is 436 g/mol. The summed E-state index contributed by atoms with van der Waals surface area (Å²) in [6.45, 7) is 3.22. The molecule has 2 aromatic heterocycles. The van der Waals surface area contributed by atoms with Crippen LogP contribution < -0.4 is 9.80 Å². The Hall–Kier alpha value is -3.24. The molecule has 1 aliphatic heterocycles. The number of nitrogens with zero attached hydrogens (tertiary/aromatic N) is 4. The number of imidazole rings is 1. The maximum atomic E-state index is 13.3. The van der Waals surface area contributed by atoms with Crippen molar-refractivity contribution >= 4 is 11.8 Å². The second kappa shape index (κ2) is 8.03. The third-order valence-corrected chi connectivity index (χ3v) is 5.33. The molecule has 1 aromatic carbocycles. The van der Waals surface area contributed by atoms with Gasteiger partial charge in [-0.2, -0.15) is 26.3 Å². The van der Waals surface area contributed by atoms with Gasteiger partial charge in [-0.25, -0.2) is 9.97 Å². The first kappa shape index (κ1) is 22.0. The van der Waals surface area contributed by atoms with Crippen LogP contribution in [0.2, 0.25) is 0 Å². The second-order valence-corrected chi connectivity index (χ2v) is 7.46. The van der Waals surface area contributed by atoms with Crippen LogP contribution in [0, 0.1) is 6.92 Å². The molecule has 1 N–H and O–H groups in total. The molecule has 0 atom stereocenters. The Bertz CT molecular complexity index is 1080. The maximum absolute atomic E-state index is 13.3. The molecule has 3 aromatic rings. The number of halogens is 6. The summed E-state index contributed by atoms with van der Waals surface area (Å²) in [4.78, 5) is 15.1. The molecule has 32 heavy (non-hydrogen) atoms. The first-order valence-corrected chi connectivity index (χ1v) is 9.80. The highest BCUT2D eigenvalue weighted by atomic mass is 19.4. The summed E-state index contributed by atoms with van der Waals surface area (Å²) < 4.78 is 78.2. The molecule has 11 heteroatoms. The number of pyridine rings is 1. The van der Waals surface area contributed by atoms with Crippen LogP contribution in [0.15, 0.2) is 42.6 Å². The molecule has 0 spiro atoms. The number of alkyl halides is 6. The van der Waals surface area contributed by atoms with Gasteiger partial charge in [-0.15, -0.1) is 0 Å². The largest absolute Gasteiger partial charge is 0.419 e. The molecule has 1 fully saturated rings. The Labute approximate surface area is 179 Å². The number of aromatic amines is 1. The molecule has 1 aliphatic rings. The van der Waals surface area contributed by atoms with Crippen LogP contribution in [0.4, 0.5) is 38.1 Å². The van der Waals surface area contributed by atoms with E-state index in [0.29, 0.717) is 49.1 Å². The van der Waals surface area contributed by atoms with Crippen LogP contribution in [0.5, 0.6) is 0 Å². The molecule has 5 nitrogen and oxygen atoms in total. The highest BCUT2D eigenvalue weighted by molar-refractivity contribution is 5.65. The molecule has 3 heterocycles. The molecule has 0 amide bonds. The third-order valence-electron chi connectivity index (χ3n) is 5.33. The number of anilines is 2. The van der Waals surface area contributed by atoms with Crippen molar-refractivity contribution in [3.63, 3.8) is 0 Å². The van der Waals surface area contributed by atoms with Crippen LogP contribution in [-0.4, -0.2) is 41.1 Å². The second-order valence-electron chi connectivity index (χ2n) is 7.46. The molecule has 0 radical (unpaired) electrons. The van der Waals surface area contributed by atoms with Crippen molar-refractivity contribution in [2.75, 3.05) is 36.0 Å². The van der Waals surface area contributed by atoms with Gasteiger partial charge in [0.2, 0.25) is 5.95 Å². The number of aryl methyl sites for hydroxylation is 1. The van der Waals surface area contributed by atoms with Crippen LogP contribution in [0.3, 0.4) is 0 Å². The summed E-state index contributed by atoms with van der Waals surface area (Å²) in [6, 6.07) is 7.03. The highest BCUT2D eigenvalue weighted by Crippen LogP contribution is 2.36. The fraction of sp³-hybridized carbons (Fsp3) is 0.333. The predicted octanol–water partition coefficient (Wildman–Crippen LogP) is 5.14. The number of nitrogens with one attached hydrogen (secondary N) is 1. The van der Waals surface area contributed by atoms with Gasteiger partial charge in [0.1, 0.15) is 5.82 Å². The SMILES string of the molecule is Cc1[nH]c(N2CCN(c3ncccc3C(F)(F)F)CC2)nc1-c1ccc(C(F)(F)F)cc1. The number of hydrogen-bond donors (Lipinski definition) is 1. The van der Waals surface area contributed by atoms with Crippen molar-refractivity contribution < 1.29 is 26.3 Å². The Morgan fingerprint density at radius 1 is 0.844 bits per heavy atom. The van der Waals surface area contributed by atoms with Gasteiger partial charge < -0.3 is 14.8 Å².